The van der Waals surface area contributed by atoms with Crippen molar-refractivity contribution in [1.82, 2.24) is 14.8 Å². The number of fused-ring (bicyclic) bond motifs is 1. The van der Waals surface area contributed by atoms with Gasteiger partial charge in [0, 0.05) is 49.9 Å². The van der Waals surface area contributed by atoms with Crippen LogP contribution in [0, 0.1) is 0 Å². The largest absolute Gasteiger partial charge is 0.495 e. The maximum absolute atomic E-state index is 13.2. The van der Waals surface area contributed by atoms with E-state index < -0.39 is 9.84 Å². The van der Waals surface area contributed by atoms with Crippen LogP contribution >= 0.6 is 11.6 Å². The van der Waals surface area contributed by atoms with Crippen molar-refractivity contribution >= 4 is 38.2 Å². The Labute approximate surface area is 233 Å². The van der Waals surface area contributed by atoms with Gasteiger partial charge in [0.1, 0.15) is 5.75 Å². The Bertz CT molecular complexity index is 1590. The average molecular weight is 564 g/mol. The minimum absolute atomic E-state index is 0.0444. The Morgan fingerprint density at radius 3 is 2.49 bits per heavy atom. The summed E-state index contributed by atoms with van der Waals surface area (Å²) in [4.78, 5) is 21.9. The number of methoxy groups -OCH3 is 1. The molecule has 0 aliphatic carbocycles. The molecule has 1 aliphatic rings. The molecule has 7 nitrogen and oxygen atoms in total. The lowest BCUT2D eigenvalue weighted by Crippen LogP contribution is -2.35. The molecule has 39 heavy (non-hydrogen) atoms. The number of sulfone groups is 1. The van der Waals surface area contributed by atoms with Gasteiger partial charge < -0.3 is 9.64 Å². The molecule has 0 atom stereocenters. The van der Waals surface area contributed by atoms with Crippen LogP contribution < -0.4 is 4.74 Å². The Balaban J connectivity index is 1.22. The summed E-state index contributed by atoms with van der Waals surface area (Å²) in [6, 6.07) is 21.5. The van der Waals surface area contributed by atoms with Crippen LogP contribution in [0.15, 0.2) is 83.9 Å². The summed E-state index contributed by atoms with van der Waals surface area (Å²) >= 11 is 6.28. The van der Waals surface area contributed by atoms with Crippen molar-refractivity contribution in [3.8, 4) is 5.75 Å². The highest BCUT2D eigenvalue weighted by Gasteiger charge is 2.22. The first-order valence-corrected chi connectivity index (χ1v) is 14.9. The second-order valence-electron chi connectivity index (χ2n) is 9.68. The number of benzene rings is 3. The van der Waals surface area contributed by atoms with Crippen LogP contribution in [0.3, 0.4) is 0 Å². The number of nitrogens with zero attached hydrogens (tertiary/aromatic N) is 3. The Morgan fingerprint density at radius 2 is 1.72 bits per heavy atom. The Morgan fingerprint density at radius 1 is 0.949 bits per heavy atom. The van der Waals surface area contributed by atoms with Crippen LogP contribution in [0.5, 0.6) is 5.75 Å². The van der Waals surface area contributed by atoms with Crippen molar-refractivity contribution in [2.24, 2.45) is 0 Å². The van der Waals surface area contributed by atoms with Gasteiger partial charge in [0.2, 0.25) is 0 Å². The maximum Gasteiger partial charge on any atom is 0.253 e. The molecule has 1 amide bonds. The molecule has 2 heterocycles. The molecule has 1 aromatic heterocycles. The summed E-state index contributed by atoms with van der Waals surface area (Å²) in [5.41, 5.74) is 2.75. The number of carbonyl (C=O) groups is 1. The number of para-hydroxylation sites is 1. The van der Waals surface area contributed by atoms with Crippen molar-refractivity contribution in [2.45, 2.75) is 23.6 Å². The van der Waals surface area contributed by atoms with Crippen LogP contribution in [-0.4, -0.2) is 62.4 Å². The van der Waals surface area contributed by atoms with Crippen molar-refractivity contribution in [1.29, 1.82) is 0 Å². The molecule has 5 rings (SSSR count). The fourth-order valence-electron chi connectivity index (χ4n) is 4.95. The molecular weight excluding hydrogens is 534 g/mol. The van der Waals surface area contributed by atoms with E-state index in [9.17, 15) is 13.2 Å². The van der Waals surface area contributed by atoms with Gasteiger partial charge in [0.25, 0.3) is 5.91 Å². The first-order valence-electron chi connectivity index (χ1n) is 12.8. The molecule has 0 radical (unpaired) electrons. The number of halogens is 1. The molecule has 1 aliphatic heterocycles. The lowest BCUT2D eigenvalue weighted by Gasteiger charge is -2.22. The van der Waals surface area contributed by atoms with Crippen LogP contribution in [0.25, 0.3) is 10.9 Å². The van der Waals surface area contributed by atoms with Gasteiger partial charge >= 0.3 is 0 Å². The Kier molecular flexibility index (Phi) is 8.16. The summed E-state index contributed by atoms with van der Waals surface area (Å²) in [5, 5.41) is 1.37. The quantitative estimate of drug-likeness (QED) is 0.307. The van der Waals surface area contributed by atoms with E-state index in [0.29, 0.717) is 40.5 Å². The second-order valence-corrected chi connectivity index (χ2v) is 12.0. The number of hydrogen-bond donors (Lipinski definition) is 0. The molecule has 0 spiro atoms. The van der Waals surface area contributed by atoms with E-state index in [2.05, 4.69) is 9.88 Å². The first kappa shape index (κ1) is 27.1. The van der Waals surface area contributed by atoms with Gasteiger partial charge in [0.05, 0.1) is 28.3 Å². The minimum atomic E-state index is -3.62. The zero-order valence-corrected chi connectivity index (χ0v) is 23.3. The number of hydrogen-bond acceptors (Lipinski definition) is 6. The van der Waals surface area contributed by atoms with E-state index in [1.54, 1.807) is 55.8 Å². The zero-order chi connectivity index (χ0) is 27.4. The number of pyridine rings is 1. The monoisotopic (exact) mass is 563 g/mol. The molecule has 0 unspecified atom stereocenters. The normalized spacial score (nSPS) is 14.8. The molecule has 3 aromatic carbocycles. The molecule has 0 N–H and O–H groups in total. The van der Waals surface area contributed by atoms with E-state index in [0.717, 1.165) is 37.0 Å². The highest BCUT2D eigenvalue weighted by molar-refractivity contribution is 7.90. The topological polar surface area (TPSA) is 79.8 Å². The third kappa shape index (κ3) is 6.24. The summed E-state index contributed by atoms with van der Waals surface area (Å²) in [5.74, 6) is 0.449. The lowest BCUT2D eigenvalue weighted by molar-refractivity contribution is 0.0761. The molecule has 202 valence electrons. The van der Waals surface area contributed by atoms with Crippen molar-refractivity contribution in [3.05, 3.63) is 101 Å². The smallest absolute Gasteiger partial charge is 0.253 e. The lowest BCUT2D eigenvalue weighted by atomic mass is 10.1. The van der Waals surface area contributed by atoms with Gasteiger partial charge in [-0.15, -0.1) is 0 Å². The second kappa shape index (κ2) is 11.7. The molecule has 4 aromatic rings. The summed E-state index contributed by atoms with van der Waals surface area (Å²) in [6.07, 6.45) is 2.46. The standard InChI is InChI=1S/C30H30ClN3O4S/c1-38-27-13-10-23(19-26(27)31)20-33-15-4-16-34(18-17-33)30(35)25-11-8-22(9-12-25)21-39(36,37)28-7-2-5-24-6-3-14-32-29(24)28/h2-3,5-14,19H,4,15-18,20-21H2,1H3. The Hall–Kier alpha value is -3.46. The van der Waals surface area contributed by atoms with E-state index in [1.807, 2.05) is 35.2 Å². The number of rotatable bonds is 7. The molecule has 0 saturated carbocycles. The molecule has 1 fully saturated rings. The predicted octanol–water partition coefficient (Wildman–Crippen LogP) is 5.22. The molecule has 1 saturated heterocycles. The van der Waals surface area contributed by atoms with Crippen molar-refractivity contribution < 1.29 is 17.9 Å². The first-order chi connectivity index (χ1) is 18.8. The van der Waals surface area contributed by atoms with E-state index >= 15 is 0 Å². The van der Waals surface area contributed by atoms with Gasteiger partial charge in [-0.05, 0) is 53.9 Å². The van der Waals surface area contributed by atoms with E-state index in [1.165, 1.54) is 0 Å². The van der Waals surface area contributed by atoms with Crippen molar-refractivity contribution in [2.75, 3.05) is 33.3 Å². The fraction of sp³-hybridized carbons (Fsp3) is 0.267. The van der Waals surface area contributed by atoms with Crippen LogP contribution in [0.4, 0.5) is 0 Å². The number of aromatic nitrogens is 1. The maximum atomic E-state index is 13.2. The average Bonchev–Trinajstić information content (AvgIpc) is 3.18. The van der Waals surface area contributed by atoms with Gasteiger partial charge in [-0.1, -0.05) is 48.0 Å². The van der Waals surface area contributed by atoms with Gasteiger partial charge in [-0.2, -0.15) is 0 Å². The third-order valence-electron chi connectivity index (χ3n) is 6.99. The van der Waals surface area contributed by atoms with E-state index in [4.69, 9.17) is 16.3 Å². The van der Waals surface area contributed by atoms with Gasteiger partial charge in [-0.25, -0.2) is 8.42 Å². The summed E-state index contributed by atoms with van der Waals surface area (Å²) in [6.45, 7) is 3.68. The van der Waals surface area contributed by atoms with Gasteiger partial charge in [-0.3, -0.25) is 14.7 Å². The fourth-order valence-corrected chi connectivity index (χ4v) is 6.77. The van der Waals surface area contributed by atoms with E-state index in [-0.39, 0.29) is 16.6 Å². The summed E-state index contributed by atoms with van der Waals surface area (Å²) in [7, 11) is -2.02. The highest BCUT2D eigenvalue weighted by Crippen LogP contribution is 2.26. The highest BCUT2D eigenvalue weighted by atomic mass is 35.5. The summed E-state index contributed by atoms with van der Waals surface area (Å²) < 4.78 is 31.6. The number of ether oxygens (including phenoxy) is 1. The number of carbonyl (C=O) groups excluding carboxylic acids is 1. The zero-order valence-electron chi connectivity index (χ0n) is 21.7. The number of amides is 1. The minimum Gasteiger partial charge on any atom is -0.495 e. The van der Waals surface area contributed by atoms with Gasteiger partial charge in [0.15, 0.2) is 9.84 Å². The predicted molar refractivity (Wildman–Crippen MR) is 153 cm³/mol. The van der Waals surface area contributed by atoms with Crippen LogP contribution in [0.1, 0.15) is 27.9 Å². The van der Waals surface area contributed by atoms with Crippen molar-refractivity contribution in [3.63, 3.8) is 0 Å². The molecule has 9 heteroatoms. The third-order valence-corrected chi connectivity index (χ3v) is 8.99. The SMILES string of the molecule is COc1ccc(CN2CCCN(C(=O)c3ccc(CS(=O)(=O)c4cccc5cccnc45)cc3)CC2)cc1Cl. The van der Waals surface area contributed by atoms with Crippen LogP contribution in [-0.2, 0) is 22.1 Å². The molecule has 0 bridgehead atoms. The van der Waals surface area contributed by atoms with Crippen LogP contribution in [0.2, 0.25) is 5.02 Å². The molecular formula is C30H30ClN3O4S.